The quantitative estimate of drug-likeness (QED) is 0.725. The molecule has 0 spiro atoms. The number of carboxylic acids is 1. The van der Waals surface area contributed by atoms with Crippen LogP contribution < -0.4 is 5.32 Å². The fourth-order valence-electron chi connectivity index (χ4n) is 1.29. The SMILES string of the molecule is CNC(=O)CCn1c(C)cnc1SCC(=O)O. The van der Waals surface area contributed by atoms with Gasteiger partial charge >= 0.3 is 5.97 Å². The molecule has 0 aromatic carbocycles. The molecular formula is C10H15N3O3S. The van der Waals surface area contributed by atoms with Crippen molar-refractivity contribution in [1.82, 2.24) is 14.9 Å². The van der Waals surface area contributed by atoms with Crippen molar-refractivity contribution < 1.29 is 14.7 Å². The molecule has 0 aliphatic carbocycles. The number of aryl methyl sites for hydroxylation is 1. The molecule has 0 saturated heterocycles. The van der Waals surface area contributed by atoms with Crippen LogP contribution >= 0.6 is 11.8 Å². The minimum atomic E-state index is -0.881. The summed E-state index contributed by atoms with van der Waals surface area (Å²) in [5.74, 6) is -0.961. The molecule has 0 atom stereocenters. The number of carboxylic acid groups (broad SMARTS) is 1. The number of aliphatic carboxylic acids is 1. The Labute approximate surface area is 103 Å². The molecule has 17 heavy (non-hydrogen) atoms. The maximum Gasteiger partial charge on any atom is 0.313 e. The highest BCUT2D eigenvalue weighted by atomic mass is 32.2. The van der Waals surface area contributed by atoms with Gasteiger partial charge in [0.2, 0.25) is 5.91 Å². The van der Waals surface area contributed by atoms with Gasteiger partial charge in [0, 0.05) is 31.9 Å². The van der Waals surface area contributed by atoms with E-state index in [4.69, 9.17) is 5.11 Å². The second kappa shape index (κ2) is 6.29. The summed E-state index contributed by atoms with van der Waals surface area (Å²) in [4.78, 5) is 25.8. The fourth-order valence-corrected chi connectivity index (χ4v) is 2.06. The molecule has 7 heteroatoms. The smallest absolute Gasteiger partial charge is 0.313 e. The number of nitrogens with zero attached hydrogens (tertiary/aromatic N) is 2. The molecule has 1 aromatic heterocycles. The minimum Gasteiger partial charge on any atom is -0.481 e. The van der Waals surface area contributed by atoms with Crippen LogP contribution in [0.15, 0.2) is 11.4 Å². The standard InChI is InChI=1S/C10H15N3O3S/c1-7-5-12-10(17-6-9(15)16)13(7)4-3-8(14)11-2/h5H,3-4,6H2,1-2H3,(H,11,14)(H,15,16). The monoisotopic (exact) mass is 257 g/mol. The van der Waals surface area contributed by atoms with Gasteiger partial charge < -0.3 is 15.0 Å². The summed E-state index contributed by atoms with van der Waals surface area (Å²) in [6.07, 6.45) is 2.03. The number of thioether (sulfide) groups is 1. The Morgan fingerprint density at radius 1 is 1.59 bits per heavy atom. The first-order valence-electron chi connectivity index (χ1n) is 5.12. The van der Waals surface area contributed by atoms with E-state index in [2.05, 4.69) is 10.3 Å². The third-order valence-corrected chi connectivity index (χ3v) is 3.16. The van der Waals surface area contributed by atoms with Crippen LogP contribution in [-0.4, -0.2) is 39.3 Å². The van der Waals surface area contributed by atoms with Gasteiger partial charge in [-0.15, -0.1) is 0 Å². The van der Waals surface area contributed by atoms with Crippen LogP contribution in [0.1, 0.15) is 12.1 Å². The zero-order chi connectivity index (χ0) is 12.8. The lowest BCUT2D eigenvalue weighted by Gasteiger charge is -2.08. The third kappa shape index (κ3) is 4.10. The van der Waals surface area contributed by atoms with Crippen LogP contribution in [0.25, 0.3) is 0 Å². The number of amides is 1. The second-order valence-electron chi connectivity index (χ2n) is 3.44. The van der Waals surface area contributed by atoms with E-state index in [1.165, 1.54) is 0 Å². The Hall–Kier alpha value is -1.50. The fraction of sp³-hybridized carbons (Fsp3) is 0.500. The molecule has 0 aliphatic rings. The Bertz CT molecular complexity index is 417. The van der Waals surface area contributed by atoms with Crippen LogP contribution in [0, 0.1) is 6.92 Å². The molecule has 94 valence electrons. The molecular weight excluding hydrogens is 242 g/mol. The molecule has 0 fully saturated rings. The Kier molecular flexibility index (Phi) is 5.02. The van der Waals surface area contributed by atoms with Crippen molar-refractivity contribution in [2.75, 3.05) is 12.8 Å². The summed E-state index contributed by atoms with van der Waals surface area (Å²) >= 11 is 1.16. The average Bonchev–Trinajstić information content (AvgIpc) is 2.64. The summed E-state index contributed by atoms with van der Waals surface area (Å²) in [5, 5.41) is 11.8. The maximum absolute atomic E-state index is 11.1. The van der Waals surface area contributed by atoms with Crippen LogP contribution in [0.3, 0.4) is 0 Å². The van der Waals surface area contributed by atoms with E-state index in [-0.39, 0.29) is 11.7 Å². The number of carbonyl (C=O) groups excluding carboxylic acids is 1. The van der Waals surface area contributed by atoms with E-state index >= 15 is 0 Å². The van der Waals surface area contributed by atoms with E-state index in [1.54, 1.807) is 13.2 Å². The molecule has 6 nitrogen and oxygen atoms in total. The number of imidazole rings is 1. The van der Waals surface area contributed by atoms with Gasteiger partial charge in [-0.2, -0.15) is 0 Å². The van der Waals surface area contributed by atoms with Crippen LogP contribution in [0.2, 0.25) is 0 Å². The number of aromatic nitrogens is 2. The number of carbonyl (C=O) groups is 2. The minimum absolute atomic E-state index is 0.0313. The average molecular weight is 257 g/mol. The highest BCUT2D eigenvalue weighted by Crippen LogP contribution is 2.18. The van der Waals surface area contributed by atoms with Gasteiger partial charge in [0.05, 0.1) is 5.75 Å². The molecule has 1 heterocycles. The van der Waals surface area contributed by atoms with E-state index in [0.29, 0.717) is 18.1 Å². The van der Waals surface area contributed by atoms with E-state index in [1.807, 2.05) is 11.5 Å². The van der Waals surface area contributed by atoms with Crippen molar-refractivity contribution in [3.63, 3.8) is 0 Å². The van der Waals surface area contributed by atoms with Crippen molar-refractivity contribution in [1.29, 1.82) is 0 Å². The summed E-state index contributed by atoms with van der Waals surface area (Å²) in [7, 11) is 1.59. The summed E-state index contributed by atoms with van der Waals surface area (Å²) < 4.78 is 1.85. The van der Waals surface area contributed by atoms with Gasteiger partial charge in [-0.1, -0.05) is 11.8 Å². The van der Waals surface area contributed by atoms with Crippen molar-refractivity contribution in [2.24, 2.45) is 0 Å². The lowest BCUT2D eigenvalue weighted by atomic mass is 10.4. The highest BCUT2D eigenvalue weighted by molar-refractivity contribution is 7.99. The Morgan fingerprint density at radius 3 is 2.88 bits per heavy atom. The van der Waals surface area contributed by atoms with Gasteiger partial charge in [0.1, 0.15) is 0 Å². The molecule has 1 aromatic rings. The molecule has 0 unspecified atom stereocenters. The molecule has 1 rings (SSSR count). The third-order valence-electron chi connectivity index (χ3n) is 2.18. The number of hydrogen-bond acceptors (Lipinski definition) is 4. The van der Waals surface area contributed by atoms with Crippen molar-refractivity contribution in [2.45, 2.75) is 25.0 Å². The lowest BCUT2D eigenvalue weighted by Crippen LogP contribution is -2.20. The second-order valence-corrected chi connectivity index (χ2v) is 4.38. The highest BCUT2D eigenvalue weighted by Gasteiger charge is 2.10. The van der Waals surface area contributed by atoms with Crippen LogP contribution in [0.4, 0.5) is 0 Å². The number of hydrogen-bond donors (Lipinski definition) is 2. The first-order valence-corrected chi connectivity index (χ1v) is 6.10. The number of rotatable bonds is 6. The predicted octanol–water partition coefficient (Wildman–Crippen LogP) is 0.504. The first kappa shape index (κ1) is 13.6. The molecule has 0 radical (unpaired) electrons. The molecule has 2 N–H and O–H groups in total. The van der Waals surface area contributed by atoms with E-state index in [0.717, 1.165) is 17.5 Å². The van der Waals surface area contributed by atoms with Crippen molar-refractivity contribution in [3.8, 4) is 0 Å². The van der Waals surface area contributed by atoms with Gasteiger partial charge in [-0.05, 0) is 6.92 Å². The van der Waals surface area contributed by atoms with Crippen molar-refractivity contribution in [3.05, 3.63) is 11.9 Å². The summed E-state index contributed by atoms with van der Waals surface area (Å²) in [6, 6.07) is 0. The van der Waals surface area contributed by atoms with Gasteiger partial charge in [0.15, 0.2) is 5.16 Å². The van der Waals surface area contributed by atoms with Crippen LogP contribution in [-0.2, 0) is 16.1 Å². The Balaban J connectivity index is 2.65. The van der Waals surface area contributed by atoms with E-state index in [9.17, 15) is 9.59 Å². The predicted molar refractivity (Wildman–Crippen MR) is 64.0 cm³/mol. The van der Waals surface area contributed by atoms with Crippen LogP contribution in [0.5, 0.6) is 0 Å². The topological polar surface area (TPSA) is 84.2 Å². The van der Waals surface area contributed by atoms with Gasteiger partial charge in [-0.3, -0.25) is 9.59 Å². The molecule has 1 amide bonds. The zero-order valence-corrected chi connectivity index (χ0v) is 10.6. The van der Waals surface area contributed by atoms with E-state index < -0.39 is 5.97 Å². The lowest BCUT2D eigenvalue weighted by molar-refractivity contribution is -0.134. The molecule has 0 aliphatic heterocycles. The van der Waals surface area contributed by atoms with Gasteiger partial charge in [-0.25, -0.2) is 4.98 Å². The molecule has 0 saturated carbocycles. The molecule has 0 bridgehead atoms. The normalized spacial score (nSPS) is 10.2. The largest absolute Gasteiger partial charge is 0.481 e. The number of nitrogens with one attached hydrogen (secondary N) is 1. The first-order chi connectivity index (χ1) is 8.04. The Morgan fingerprint density at radius 2 is 2.29 bits per heavy atom. The maximum atomic E-state index is 11.1. The van der Waals surface area contributed by atoms with Crippen molar-refractivity contribution >= 4 is 23.6 Å². The summed E-state index contributed by atoms with van der Waals surface area (Å²) in [5.41, 5.74) is 0.918. The van der Waals surface area contributed by atoms with Gasteiger partial charge in [0.25, 0.3) is 0 Å². The zero-order valence-electron chi connectivity index (χ0n) is 9.77. The summed E-state index contributed by atoms with van der Waals surface area (Å²) in [6.45, 7) is 2.38.